The minimum atomic E-state index is -0.292. The number of hydrogen-bond donors (Lipinski definition) is 3. The van der Waals surface area contributed by atoms with Crippen LogP contribution in [0.25, 0.3) is 0 Å². The second-order valence-corrected chi connectivity index (χ2v) is 2.93. The van der Waals surface area contributed by atoms with Gasteiger partial charge in [0.25, 0.3) is 0 Å². The summed E-state index contributed by atoms with van der Waals surface area (Å²) >= 11 is 1.49. The van der Waals surface area contributed by atoms with Crippen molar-refractivity contribution in [2.75, 3.05) is 11.6 Å². The van der Waals surface area contributed by atoms with Crippen LogP contribution in [0.5, 0.6) is 0 Å². The first-order valence-corrected chi connectivity index (χ1v) is 4.09. The van der Waals surface area contributed by atoms with Gasteiger partial charge in [0.15, 0.2) is 5.96 Å². The van der Waals surface area contributed by atoms with E-state index in [0.29, 0.717) is 11.6 Å². The second-order valence-electron chi connectivity index (χ2n) is 1.93. The number of guanidine groups is 1. The highest BCUT2D eigenvalue weighted by molar-refractivity contribution is 7.99. The fraction of sp³-hybridized carbons (Fsp3) is 0.800. The Kier molecular flexibility index (Phi) is 5.15. The molecule has 0 aliphatic heterocycles. The molecule has 4 nitrogen and oxygen atoms in total. The largest absolute Gasteiger partial charge is 0.393 e. The van der Waals surface area contributed by atoms with E-state index in [2.05, 4.69) is 4.99 Å². The highest BCUT2D eigenvalue weighted by Gasteiger charge is 1.93. The molecule has 0 spiro atoms. The molecule has 0 saturated carbocycles. The minimum Gasteiger partial charge on any atom is -0.393 e. The zero-order valence-electron chi connectivity index (χ0n) is 5.95. The fourth-order valence-electron chi connectivity index (χ4n) is 0.343. The van der Waals surface area contributed by atoms with Crippen molar-refractivity contribution in [3.05, 3.63) is 0 Å². The van der Waals surface area contributed by atoms with Crippen LogP contribution in [-0.2, 0) is 0 Å². The summed E-state index contributed by atoms with van der Waals surface area (Å²) in [5.74, 6) is 1.28. The van der Waals surface area contributed by atoms with E-state index in [4.69, 9.17) is 16.6 Å². The Hall–Kier alpha value is -0.420. The molecule has 5 heteroatoms. The monoisotopic (exact) mass is 163 g/mol. The molecule has 0 aliphatic carbocycles. The zero-order valence-corrected chi connectivity index (χ0v) is 6.77. The van der Waals surface area contributed by atoms with E-state index in [1.807, 2.05) is 0 Å². The molecule has 0 aromatic rings. The molecule has 0 fully saturated rings. The normalized spacial score (nSPS) is 12.6. The van der Waals surface area contributed by atoms with Crippen molar-refractivity contribution in [3.63, 3.8) is 0 Å². The van der Waals surface area contributed by atoms with Crippen LogP contribution in [-0.4, -0.2) is 28.8 Å². The molecule has 0 aliphatic rings. The first-order chi connectivity index (χ1) is 4.63. The number of nitrogens with zero attached hydrogens (tertiary/aromatic N) is 1. The van der Waals surface area contributed by atoms with Gasteiger partial charge in [-0.05, 0) is 6.92 Å². The maximum Gasteiger partial charge on any atom is 0.186 e. The lowest BCUT2D eigenvalue weighted by Crippen LogP contribution is -2.22. The van der Waals surface area contributed by atoms with E-state index >= 15 is 0 Å². The molecular weight excluding hydrogens is 150 g/mol. The fourth-order valence-corrected chi connectivity index (χ4v) is 1.03. The Balaban J connectivity index is 3.13. The molecule has 1 unspecified atom stereocenters. The molecule has 0 rings (SSSR count). The van der Waals surface area contributed by atoms with Gasteiger partial charge in [0.1, 0.15) is 0 Å². The van der Waals surface area contributed by atoms with E-state index in [9.17, 15) is 0 Å². The maximum absolute atomic E-state index is 8.79. The quantitative estimate of drug-likeness (QED) is 0.291. The Morgan fingerprint density at radius 1 is 1.70 bits per heavy atom. The summed E-state index contributed by atoms with van der Waals surface area (Å²) in [4.78, 5) is 3.72. The van der Waals surface area contributed by atoms with Gasteiger partial charge < -0.3 is 16.6 Å². The third-order valence-corrected chi connectivity index (χ3v) is 1.73. The van der Waals surface area contributed by atoms with Crippen LogP contribution in [0.4, 0.5) is 0 Å². The Morgan fingerprint density at radius 2 is 2.30 bits per heavy atom. The van der Waals surface area contributed by atoms with Gasteiger partial charge in [-0.25, -0.2) is 4.99 Å². The highest BCUT2D eigenvalue weighted by atomic mass is 32.2. The summed E-state index contributed by atoms with van der Waals surface area (Å²) in [5, 5.41) is 8.79. The molecular formula is C5H13N3OS. The summed E-state index contributed by atoms with van der Waals surface area (Å²) < 4.78 is 0. The second kappa shape index (κ2) is 5.37. The smallest absolute Gasteiger partial charge is 0.186 e. The van der Waals surface area contributed by atoms with Crippen LogP contribution >= 0.6 is 11.8 Å². The van der Waals surface area contributed by atoms with Gasteiger partial charge in [-0.3, -0.25) is 0 Å². The number of nitrogens with two attached hydrogens (primary N) is 2. The van der Waals surface area contributed by atoms with Crippen LogP contribution in [0.3, 0.4) is 0 Å². The van der Waals surface area contributed by atoms with E-state index in [0.717, 1.165) is 0 Å². The van der Waals surface area contributed by atoms with E-state index in [1.54, 1.807) is 6.92 Å². The molecule has 10 heavy (non-hydrogen) atoms. The SMILES string of the molecule is CC(O)CSCN=C(N)N. The molecule has 0 amide bonds. The third kappa shape index (κ3) is 7.58. The van der Waals surface area contributed by atoms with Crippen LogP contribution in [0.1, 0.15) is 6.92 Å². The van der Waals surface area contributed by atoms with E-state index < -0.39 is 0 Å². The summed E-state index contributed by atoms with van der Waals surface area (Å²) in [5.41, 5.74) is 10.1. The van der Waals surface area contributed by atoms with Crippen molar-refractivity contribution in [2.24, 2.45) is 16.5 Å². The maximum atomic E-state index is 8.79. The lowest BCUT2D eigenvalue weighted by Gasteiger charge is -1.99. The van der Waals surface area contributed by atoms with E-state index in [-0.39, 0.29) is 12.1 Å². The molecule has 0 saturated heterocycles. The Bertz CT molecular complexity index is 111. The molecule has 5 N–H and O–H groups in total. The third-order valence-electron chi connectivity index (χ3n) is 0.697. The van der Waals surface area contributed by atoms with Crippen LogP contribution in [0, 0.1) is 0 Å². The number of aliphatic imine (C=N–C) groups is 1. The summed E-state index contributed by atoms with van der Waals surface area (Å²) in [6.07, 6.45) is -0.292. The lowest BCUT2D eigenvalue weighted by atomic mass is 10.5. The summed E-state index contributed by atoms with van der Waals surface area (Å²) in [6.45, 7) is 1.72. The number of thioether (sulfide) groups is 1. The number of aliphatic hydroxyl groups excluding tert-OH is 1. The Labute approximate surface area is 64.7 Å². The van der Waals surface area contributed by atoms with Crippen molar-refractivity contribution in [3.8, 4) is 0 Å². The lowest BCUT2D eigenvalue weighted by molar-refractivity contribution is 0.220. The molecule has 0 radical (unpaired) electrons. The van der Waals surface area contributed by atoms with E-state index in [1.165, 1.54) is 11.8 Å². The van der Waals surface area contributed by atoms with Crippen LogP contribution < -0.4 is 11.5 Å². The predicted octanol–water partition coefficient (Wildman–Crippen LogP) is -0.669. The van der Waals surface area contributed by atoms with Gasteiger partial charge >= 0.3 is 0 Å². The van der Waals surface area contributed by atoms with Crippen molar-refractivity contribution < 1.29 is 5.11 Å². The Morgan fingerprint density at radius 3 is 2.70 bits per heavy atom. The molecule has 0 bridgehead atoms. The van der Waals surface area contributed by atoms with Gasteiger partial charge in [0, 0.05) is 5.75 Å². The van der Waals surface area contributed by atoms with Crippen LogP contribution in [0.2, 0.25) is 0 Å². The first kappa shape index (κ1) is 9.58. The van der Waals surface area contributed by atoms with Gasteiger partial charge in [-0.15, -0.1) is 11.8 Å². The summed E-state index contributed by atoms with van der Waals surface area (Å²) in [6, 6.07) is 0. The van der Waals surface area contributed by atoms with Crippen molar-refractivity contribution in [2.45, 2.75) is 13.0 Å². The summed E-state index contributed by atoms with van der Waals surface area (Å²) in [7, 11) is 0. The van der Waals surface area contributed by atoms with Gasteiger partial charge in [0.05, 0.1) is 12.0 Å². The standard InChI is InChI=1S/C5H13N3OS/c1-4(9)2-10-3-8-5(6)7/h4,9H,2-3H2,1H3,(H4,6,7,8). The molecule has 60 valence electrons. The van der Waals surface area contributed by atoms with Crippen LogP contribution in [0.15, 0.2) is 4.99 Å². The number of hydrogen-bond acceptors (Lipinski definition) is 3. The van der Waals surface area contributed by atoms with Gasteiger partial charge in [-0.2, -0.15) is 0 Å². The van der Waals surface area contributed by atoms with Gasteiger partial charge in [-0.1, -0.05) is 0 Å². The molecule has 0 heterocycles. The minimum absolute atomic E-state index is 0.0955. The molecule has 1 atom stereocenters. The topological polar surface area (TPSA) is 84.6 Å². The zero-order chi connectivity index (χ0) is 7.98. The average molecular weight is 163 g/mol. The average Bonchev–Trinajstić information content (AvgIpc) is 1.79. The predicted molar refractivity (Wildman–Crippen MR) is 44.8 cm³/mol. The van der Waals surface area contributed by atoms with Crippen molar-refractivity contribution in [1.29, 1.82) is 0 Å². The highest BCUT2D eigenvalue weighted by Crippen LogP contribution is 2.01. The van der Waals surface area contributed by atoms with Crippen molar-refractivity contribution >= 4 is 17.7 Å². The first-order valence-electron chi connectivity index (χ1n) is 2.94. The number of aliphatic hydroxyl groups is 1. The van der Waals surface area contributed by atoms with Crippen molar-refractivity contribution in [1.82, 2.24) is 0 Å². The molecule has 0 aromatic heterocycles. The number of rotatable bonds is 4. The van der Waals surface area contributed by atoms with Gasteiger partial charge in [0.2, 0.25) is 0 Å². The molecule has 0 aromatic carbocycles.